The van der Waals surface area contributed by atoms with E-state index in [0.717, 1.165) is 35.3 Å². The maximum Gasteiger partial charge on any atom is 0.267 e. The molecule has 0 radical (unpaired) electrons. The van der Waals surface area contributed by atoms with Crippen molar-refractivity contribution in [2.24, 2.45) is 0 Å². The lowest BCUT2D eigenvalue weighted by Crippen LogP contribution is -2.38. The number of amides is 2. The second-order valence-electron chi connectivity index (χ2n) is 8.85. The van der Waals surface area contributed by atoms with E-state index in [-0.39, 0.29) is 24.4 Å². The lowest BCUT2D eigenvalue weighted by molar-refractivity contribution is -0.127. The minimum absolute atomic E-state index is 0. The zero-order valence-electron chi connectivity index (χ0n) is 20.6. The molecule has 0 atom stereocenters. The zero-order valence-corrected chi connectivity index (χ0v) is 21.4. The van der Waals surface area contributed by atoms with Crippen LogP contribution in [0.15, 0.2) is 84.9 Å². The Morgan fingerprint density at radius 2 is 1.50 bits per heavy atom. The molecule has 1 aliphatic rings. The van der Waals surface area contributed by atoms with Crippen molar-refractivity contribution in [2.75, 3.05) is 13.1 Å². The Bertz CT molecular complexity index is 1470. The molecule has 2 aromatic carbocycles. The highest BCUT2D eigenvalue weighted by atomic mass is 35.5. The Labute approximate surface area is 226 Å². The van der Waals surface area contributed by atoms with Crippen LogP contribution in [-0.2, 0) is 9.59 Å². The van der Waals surface area contributed by atoms with E-state index in [1.54, 1.807) is 30.4 Å². The number of rotatable bonds is 6. The molecule has 194 valence electrons. The average Bonchev–Trinajstić information content (AvgIpc) is 3.35. The fourth-order valence-corrected chi connectivity index (χ4v) is 4.66. The van der Waals surface area contributed by atoms with E-state index in [4.69, 9.17) is 10.2 Å². The lowest BCUT2D eigenvalue weighted by Gasteiger charge is -2.33. The minimum Gasteiger partial charge on any atom is -0.339 e. The molecule has 4 aromatic rings. The fourth-order valence-electron chi connectivity index (χ4n) is 4.66. The number of imidazole rings is 1. The van der Waals surface area contributed by atoms with Crippen molar-refractivity contribution >= 4 is 47.4 Å². The Kier molecular flexibility index (Phi) is 8.68. The van der Waals surface area contributed by atoms with Gasteiger partial charge in [0.15, 0.2) is 0 Å². The summed E-state index contributed by atoms with van der Waals surface area (Å²) in [4.78, 5) is 35.3. The third-order valence-electron chi connectivity index (χ3n) is 6.47. The molecule has 3 heterocycles. The van der Waals surface area contributed by atoms with Crippen LogP contribution in [0.3, 0.4) is 0 Å². The summed E-state index contributed by atoms with van der Waals surface area (Å²) < 4.78 is 2.34. The van der Waals surface area contributed by atoms with Gasteiger partial charge < -0.3 is 9.47 Å². The number of aromatic nitrogens is 3. The third-order valence-corrected chi connectivity index (χ3v) is 6.47. The van der Waals surface area contributed by atoms with E-state index in [9.17, 15) is 9.59 Å². The van der Waals surface area contributed by atoms with Crippen molar-refractivity contribution < 1.29 is 14.8 Å². The number of likely N-dealkylation sites (tertiary alicyclic amines) is 1. The molecular formula is C29H28ClN5O3. The number of hydroxylamine groups is 1. The number of para-hydroxylation sites is 2. The topological polar surface area (TPSA) is 100 Å². The van der Waals surface area contributed by atoms with Crippen molar-refractivity contribution in [2.45, 2.75) is 18.9 Å². The van der Waals surface area contributed by atoms with Gasteiger partial charge in [0, 0.05) is 36.8 Å². The molecule has 2 aromatic heterocycles. The quantitative estimate of drug-likeness (QED) is 0.210. The molecule has 1 fully saturated rings. The lowest BCUT2D eigenvalue weighted by atomic mass is 10.0. The summed E-state index contributed by atoms with van der Waals surface area (Å²) in [5.74, 6) is 0.267. The van der Waals surface area contributed by atoms with Gasteiger partial charge in [0.05, 0.1) is 22.4 Å². The summed E-state index contributed by atoms with van der Waals surface area (Å²) in [6, 6.07) is 24.0. The van der Waals surface area contributed by atoms with Crippen molar-refractivity contribution in [3.63, 3.8) is 0 Å². The van der Waals surface area contributed by atoms with Crippen molar-refractivity contribution in [1.29, 1.82) is 0 Å². The molecule has 2 N–H and O–H groups in total. The number of hydrogen-bond acceptors (Lipinski definition) is 5. The molecule has 0 aliphatic carbocycles. The van der Waals surface area contributed by atoms with E-state index in [2.05, 4.69) is 27.8 Å². The molecule has 0 unspecified atom stereocenters. The van der Waals surface area contributed by atoms with Gasteiger partial charge in [-0.15, -0.1) is 12.4 Å². The summed E-state index contributed by atoms with van der Waals surface area (Å²) >= 11 is 0. The van der Waals surface area contributed by atoms with E-state index < -0.39 is 5.91 Å². The highest BCUT2D eigenvalue weighted by Crippen LogP contribution is 2.33. The molecule has 2 amide bonds. The monoisotopic (exact) mass is 529 g/mol. The SMILES string of the molecule is Cl.O=C(/C=C/c1cccc(/C=C/C(=O)N2CCC(n3c(-c4ccccc4)nc4ccccc43)CC2)n1)NO. The summed E-state index contributed by atoms with van der Waals surface area (Å²) in [6.07, 6.45) is 7.56. The first kappa shape index (κ1) is 26.8. The number of halogens is 1. The highest BCUT2D eigenvalue weighted by Gasteiger charge is 2.26. The highest BCUT2D eigenvalue weighted by molar-refractivity contribution is 5.92. The molecular weight excluding hydrogens is 502 g/mol. The summed E-state index contributed by atoms with van der Waals surface area (Å²) in [5, 5.41) is 8.59. The Hall–Kier alpha value is -4.27. The van der Waals surface area contributed by atoms with Gasteiger partial charge >= 0.3 is 0 Å². The van der Waals surface area contributed by atoms with Crippen LogP contribution in [0.5, 0.6) is 0 Å². The van der Waals surface area contributed by atoms with Gasteiger partial charge in [0.2, 0.25) is 5.91 Å². The van der Waals surface area contributed by atoms with E-state index in [0.29, 0.717) is 24.5 Å². The van der Waals surface area contributed by atoms with Gasteiger partial charge in [0.25, 0.3) is 5.91 Å². The summed E-state index contributed by atoms with van der Waals surface area (Å²) in [7, 11) is 0. The van der Waals surface area contributed by atoms with E-state index in [1.807, 2.05) is 41.3 Å². The van der Waals surface area contributed by atoms with Gasteiger partial charge in [-0.05, 0) is 49.3 Å². The summed E-state index contributed by atoms with van der Waals surface area (Å²) in [5.41, 5.74) is 5.86. The average molecular weight is 530 g/mol. The second kappa shape index (κ2) is 12.3. The first-order valence-corrected chi connectivity index (χ1v) is 12.2. The molecule has 38 heavy (non-hydrogen) atoms. The number of nitrogens with one attached hydrogen (secondary N) is 1. The molecule has 5 rings (SSSR count). The molecule has 1 saturated heterocycles. The van der Waals surface area contributed by atoms with Crippen LogP contribution < -0.4 is 5.48 Å². The predicted octanol–water partition coefficient (Wildman–Crippen LogP) is 4.92. The first-order valence-electron chi connectivity index (χ1n) is 12.2. The molecule has 0 spiro atoms. The fraction of sp³-hybridized carbons (Fsp3) is 0.172. The molecule has 9 heteroatoms. The van der Waals surface area contributed by atoms with E-state index in [1.165, 1.54) is 17.6 Å². The maximum absolute atomic E-state index is 12.9. The van der Waals surface area contributed by atoms with Crippen LogP contribution in [0.25, 0.3) is 34.6 Å². The standard InChI is InChI=1S/C29H27N5O3.ClH/c35-27(32-37)15-13-22-9-6-10-23(30-22)14-16-28(36)33-19-17-24(18-20-33)34-26-12-5-4-11-25(26)31-29(34)21-7-2-1-3-8-21;/h1-16,24,37H,17-20H2,(H,32,35);1H/b15-13+,16-14+;. The van der Waals surface area contributed by atoms with Crippen LogP contribution in [0.1, 0.15) is 30.3 Å². The first-order chi connectivity index (χ1) is 18.1. The smallest absolute Gasteiger partial charge is 0.267 e. The zero-order chi connectivity index (χ0) is 25.6. The normalized spacial score (nSPS) is 14.2. The largest absolute Gasteiger partial charge is 0.339 e. The maximum atomic E-state index is 12.9. The minimum atomic E-state index is -0.638. The van der Waals surface area contributed by atoms with Gasteiger partial charge in [-0.2, -0.15) is 0 Å². The van der Waals surface area contributed by atoms with Gasteiger partial charge in [0.1, 0.15) is 5.82 Å². The number of pyridine rings is 1. The van der Waals surface area contributed by atoms with Crippen LogP contribution in [0.4, 0.5) is 0 Å². The molecule has 0 saturated carbocycles. The summed E-state index contributed by atoms with van der Waals surface area (Å²) in [6.45, 7) is 1.31. The predicted molar refractivity (Wildman–Crippen MR) is 150 cm³/mol. The van der Waals surface area contributed by atoms with Crippen LogP contribution in [0.2, 0.25) is 0 Å². The second-order valence-corrected chi connectivity index (χ2v) is 8.85. The van der Waals surface area contributed by atoms with Crippen LogP contribution >= 0.6 is 12.4 Å². The number of carbonyl (C=O) groups is 2. The van der Waals surface area contributed by atoms with Gasteiger partial charge in [-0.3, -0.25) is 14.8 Å². The Morgan fingerprint density at radius 3 is 2.21 bits per heavy atom. The van der Waals surface area contributed by atoms with Gasteiger partial charge in [-0.1, -0.05) is 48.5 Å². The number of piperidine rings is 1. The molecule has 0 bridgehead atoms. The molecule has 1 aliphatic heterocycles. The Balaban J connectivity index is 0.00000336. The number of hydrogen-bond donors (Lipinski definition) is 2. The van der Waals surface area contributed by atoms with Crippen LogP contribution in [-0.4, -0.2) is 49.5 Å². The number of benzene rings is 2. The number of fused-ring (bicyclic) bond motifs is 1. The van der Waals surface area contributed by atoms with Crippen molar-refractivity contribution in [3.05, 3.63) is 96.3 Å². The van der Waals surface area contributed by atoms with Gasteiger partial charge in [-0.25, -0.2) is 15.4 Å². The molecule has 8 nitrogen and oxygen atoms in total. The van der Waals surface area contributed by atoms with Crippen LogP contribution in [0, 0.1) is 0 Å². The van der Waals surface area contributed by atoms with Crippen molar-refractivity contribution in [1.82, 2.24) is 24.9 Å². The van der Waals surface area contributed by atoms with Crippen molar-refractivity contribution in [3.8, 4) is 11.4 Å². The Morgan fingerprint density at radius 1 is 0.842 bits per heavy atom. The third kappa shape index (κ3) is 5.99. The number of carbonyl (C=O) groups excluding carboxylic acids is 2. The number of nitrogens with zero attached hydrogens (tertiary/aromatic N) is 4. The van der Waals surface area contributed by atoms with E-state index >= 15 is 0 Å².